The molecule has 0 heterocycles. The fraction of sp³-hybridized carbons (Fsp3) is 0.588. The number of ether oxygens (including phenoxy) is 2. The Morgan fingerprint density at radius 3 is 2.61 bits per heavy atom. The number of nitrogens with one attached hydrogen (secondary N) is 2. The van der Waals surface area contributed by atoms with Crippen molar-refractivity contribution >= 4 is 6.09 Å². The second kappa shape index (κ2) is 8.62. The zero-order valence-corrected chi connectivity index (χ0v) is 14.6. The number of benzene rings is 1. The molecule has 0 radical (unpaired) electrons. The number of amides is 1. The second-order valence-electron chi connectivity index (χ2n) is 6.39. The summed E-state index contributed by atoms with van der Waals surface area (Å²) in [4.78, 5) is 11.5. The summed E-state index contributed by atoms with van der Waals surface area (Å²) in [5, 5.41) is 15.7. The molecule has 1 atom stereocenters. The number of aromatic hydroxyl groups is 1. The van der Waals surface area contributed by atoms with Crippen molar-refractivity contribution in [3.8, 4) is 11.5 Å². The fourth-order valence-corrected chi connectivity index (χ4v) is 1.99. The summed E-state index contributed by atoms with van der Waals surface area (Å²) in [5.74, 6) is 0.591. The summed E-state index contributed by atoms with van der Waals surface area (Å²) < 4.78 is 10.3. The molecule has 0 aromatic heterocycles. The van der Waals surface area contributed by atoms with Crippen molar-refractivity contribution in [2.75, 3.05) is 20.2 Å². The van der Waals surface area contributed by atoms with E-state index in [0.717, 1.165) is 18.5 Å². The topological polar surface area (TPSA) is 79.8 Å². The Balaban J connectivity index is 2.29. The van der Waals surface area contributed by atoms with Crippen molar-refractivity contribution in [2.24, 2.45) is 0 Å². The molecule has 6 heteroatoms. The fourth-order valence-electron chi connectivity index (χ4n) is 1.99. The van der Waals surface area contributed by atoms with Crippen LogP contribution in [0.3, 0.4) is 0 Å². The van der Waals surface area contributed by atoms with Gasteiger partial charge in [-0.1, -0.05) is 6.07 Å². The van der Waals surface area contributed by atoms with Gasteiger partial charge in [0.25, 0.3) is 0 Å². The number of hydrogen-bond donors (Lipinski definition) is 3. The highest BCUT2D eigenvalue weighted by molar-refractivity contribution is 5.67. The smallest absolute Gasteiger partial charge is 0.407 e. The van der Waals surface area contributed by atoms with Crippen LogP contribution in [0.2, 0.25) is 0 Å². The predicted molar refractivity (Wildman–Crippen MR) is 89.9 cm³/mol. The van der Waals surface area contributed by atoms with Gasteiger partial charge in [-0.05, 0) is 58.4 Å². The molecule has 1 aromatic carbocycles. The molecular formula is C17H28N2O4. The number of alkyl carbamates (subject to hydrolysis) is 1. The molecular weight excluding hydrogens is 296 g/mol. The van der Waals surface area contributed by atoms with E-state index in [4.69, 9.17) is 9.47 Å². The van der Waals surface area contributed by atoms with Gasteiger partial charge < -0.3 is 25.2 Å². The molecule has 1 unspecified atom stereocenters. The third kappa shape index (κ3) is 7.23. The van der Waals surface area contributed by atoms with Crippen LogP contribution in [0.15, 0.2) is 18.2 Å². The van der Waals surface area contributed by atoms with Gasteiger partial charge in [-0.25, -0.2) is 4.79 Å². The molecule has 1 rings (SSSR count). The highest BCUT2D eigenvalue weighted by Gasteiger charge is 2.15. The Morgan fingerprint density at radius 1 is 1.30 bits per heavy atom. The molecule has 0 aliphatic carbocycles. The number of hydrogen-bond acceptors (Lipinski definition) is 5. The number of methoxy groups -OCH3 is 1. The molecule has 6 nitrogen and oxygen atoms in total. The maximum Gasteiger partial charge on any atom is 0.407 e. The summed E-state index contributed by atoms with van der Waals surface area (Å²) in [6.45, 7) is 8.84. The van der Waals surface area contributed by atoms with Gasteiger partial charge in [0.05, 0.1) is 7.11 Å². The molecule has 0 aliphatic rings. The number of phenolic OH excluding ortho intramolecular Hbond substituents is 1. The Bertz CT molecular complexity index is 512. The first kappa shape index (κ1) is 19.1. The van der Waals surface area contributed by atoms with Crippen molar-refractivity contribution in [1.82, 2.24) is 10.6 Å². The van der Waals surface area contributed by atoms with Gasteiger partial charge in [-0.15, -0.1) is 0 Å². The lowest BCUT2D eigenvalue weighted by Crippen LogP contribution is -2.34. The second-order valence-corrected chi connectivity index (χ2v) is 6.39. The first-order valence-electron chi connectivity index (χ1n) is 7.80. The molecule has 0 aliphatic heterocycles. The Hall–Kier alpha value is -1.95. The van der Waals surface area contributed by atoms with Crippen LogP contribution < -0.4 is 15.4 Å². The van der Waals surface area contributed by atoms with Gasteiger partial charge in [0.1, 0.15) is 5.60 Å². The normalized spacial score (nSPS) is 12.6. The minimum absolute atomic E-state index is 0.117. The molecule has 3 N–H and O–H groups in total. The molecule has 0 bridgehead atoms. The van der Waals surface area contributed by atoms with Gasteiger partial charge in [0.15, 0.2) is 11.5 Å². The molecule has 0 fully saturated rings. The first-order chi connectivity index (χ1) is 10.7. The van der Waals surface area contributed by atoms with Gasteiger partial charge in [-0.2, -0.15) is 0 Å². The minimum atomic E-state index is -0.477. The largest absolute Gasteiger partial charge is 0.504 e. The van der Waals surface area contributed by atoms with Gasteiger partial charge >= 0.3 is 6.09 Å². The average molecular weight is 324 g/mol. The van der Waals surface area contributed by atoms with E-state index in [-0.39, 0.29) is 11.8 Å². The molecule has 1 amide bonds. The van der Waals surface area contributed by atoms with E-state index in [1.165, 1.54) is 7.11 Å². The highest BCUT2D eigenvalue weighted by atomic mass is 16.6. The standard InChI is InChI=1S/C17H28N2O4/c1-12(13-7-8-14(20)15(11-13)22-5)18-9-6-10-19-16(21)23-17(2,3)4/h7-8,11-12,18,20H,6,9-10H2,1-5H3,(H,19,21). The van der Waals surface area contributed by atoms with Crippen LogP contribution in [0.4, 0.5) is 4.79 Å². The summed E-state index contributed by atoms with van der Waals surface area (Å²) in [6.07, 6.45) is 0.396. The van der Waals surface area contributed by atoms with Crippen molar-refractivity contribution in [2.45, 2.75) is 45.8 Å². The summed E-state index contributed by atoms with van der Waals surface area (Å²) in [6, 6.07) is 5.41. The average Bonchev–Trinajstić information content (AvgIpc) is 2.45. The predicted octanol–water partition coefficient (Wildman–Crippen LogP) is 2.97. The van der Waals surface area contributed by atoms with E-state index < -0.39 is 11.7 Å². The minimum Gasteiger partial charge on any atom is -0.504 e. The van der Waals surface area contributed by atoms with Crippen molar-refractivity contribution < 1.29 is 19.4 Å². The lowest BCUT2D eigenvalue weighted by Gasteiger charge is -2.20. The van der Waals surface area contributed by atoms with Crippen LogP contribution in [-0.2, 0) is 4.74 Å². The Morgan fingerprint density at radius 2 is 2.00 bits per heavy atom. The Kier molecular flexibility index (Phi) is 7.16. The van der Waals surface area contributed by atoms with E-state index in [1.807, 2.05) is 39.8 Å². The van der Waals surface area contributed by atoms with Crippen LogP contribution in [-0.4, -0.2) is 37.0 Å². The summed E-state index contributed by atoms with van der Waals surface area (Å²) in [7, 11) is 1.53. The van der Waals surface area contributed by atoms with Crippen LogP contribution in [0.1, 0.15) is 45.7 Å². The first-order valence-corrected chi connectivity index (χ1v) is 7.80. The quantitative estimate of drug-likeness (QED) is 0.672. The third-order valence-electron chi connectivity index (χ3n) is 3.18. The molecule has 1 aromatic rings. The van der Waals surface area contributed by atoms with Gasteiger partial charge in [0, 0.05) is 12.6 Å². The number of carbonyl (C=O) groups is 1. The number of carbonyl (C=O) groups excluding carboxylic acids is 1. The zero-order valence-electron chi connectivity index (χ0n) is 14.6. The zero-order chi connectivity index (χ0) is 17.5. The van der Waals surface area contributed by atoms with Crippen LogP contribution in [0.5, 0.6) is 11.5 Å². The highest BCUT2D eigenvalue weighted by Crippen LogP contribution is 2.28. The summed E-state index contributed by atoms with van der Waals surface area (Å²) >= 11 is 0. The maximum atomic E-state index is 11.5. The maximum absolute atomic E-state index is 11.5. The van der Waals surface area contributed by atoms with E-state index in [0.29, 0.717) is 12.3 Å². The molecule has 23 heavy (non-hydrogen) atoms. The summed E-state index contributed by atoms with van der Waals surface area (Å²) in [5.41, 5.74) is 0.550. The third-order valence-corrected chi connectivity index (χ3v) is 3.18. The number of rotatable bonds is 7. The van der Waals surface area contributed by atoms with E-state index in [1.54, 1.807) is 6.07 Å². The van der Waals surface area contributed by atoms with Crippen LogP contribution in [0, 0.1) is 0 Å². The van der Waals surface area contributed by atoms with Gasteiger partial charge in [-0.3, -0.25) is 0 Å². The Labute approximate surface area is 138 Å². The molecule has 0 spiro atoms. The van der Waals surface area contributed by atoms with Gasteiger partial charge in [0.2, 0.25) is 0 Å². The monoisotopic (exact) mass is 324 g/mol. The lowest BCUT2D eigenvalue weighted by atomic mass is 10.1. The number of phenols is 1. The SMILES string of the molecule is COc1cc(C(C)NCCCNC(=O)OC(C)(C)C)ccc1O. The van der Waals surface area contributed by atoms with Crippen LogP contribution >= 0.6 is 0 Å². The molecule has 0 saturated heterocycles. The van der Waals surface area contributed by atoms with Crippen LogP contribution in [0.25, 0.3) is 0 Å². The lowest BCUT2D eigenvalue weighted by molar-refractivity contribution is 0.0527. The van der Waals surface area contributed by atoms with E-state index in [9.17, 15) is 9.90 Å². The van der Waals surface area contributed by atoms with Crippen molar-refractivity contribution in [1.29, 1.82) is 0 Å². The van der Waals surface area contributed by atoms with Crippen molar-refractivity contribution in [3.05, 3.63) is 23.8 Å². The van der Waals surface area contributed by atoms with Crippen molar-refractivity contribution in [3.63, 3.8) is 0 Å². The molecule has 130 valence electrons. The van der Waals surface area contributed by atoms with E-state index >= 15 is 0 Å². The van der Waals surface area contributed by atoms with E-state index in [2.05, 4.69) is 10.6 Å². The molecule has 0 saturated carbocycles.